The van der Waals surface area contributed by atoms with Crippen molar-refractivity contribution in [2.45, 2.75) is 0 Å². The number of halogens is 1. The van der Waals surface area contributed by atoms with Crippen LogP contribution in [0.4, 0.5) is 0 Å². The van der Waals surface area contributed by atoms with Gasteiger partial charge in [0.25, 0.3) is 0 Å². The Kier molecular flexibility index (Phi) is 5.83. The molecule has 3 aromatic rings. The zero-order chi connectivity index (χ0) is 16.2. The van der Waals surface area contributed by atoms with Crippen LogP contribution < -0.4 is 26.4 Å². The normalized spacial score (nSPS) is 10.6. The van der Waals surface area contributed by atoms with Crippen LogP contribution in [-0.2, 0) is 7.05 Å². The lowest BCUT2D eigenvalue weighted by Gasteiger charge is -2.04. The average Bonchev–Trinajstić information content (AvgIpc) is 2.61. The van der Waals surface area contributed by atoms with Gasteiger partial charge in [0.2, 0.25) is 5.52 Å². The summed E-state index contributed by atoms with van der Waals surface area (Å²) >= 11 is 0. The summed E-state index contributed by atoms with van der Waals surface area (Å²) in [6.07, 6.45) is 6.31. The van der Waals surface area contributed by atoms with E-state index in [-0.39, 0.29) is 12.4 Å². The maximum absolute atomic E-state index is 5.36. The van der Waals surface area contributed by atoms with E-state index < -0.39 is 0 Å². The third-order valence-corrected chi connectivity index (χ3v) is 3.94. The zero-order valence-electron chi connectivity index (χ0n) is 14.0. The molecule has 0 atom stereocenters. The first-order chi connectivity index (χ1) is 11.2. The van der Waals surface area contributed by atoms with Gasteiger partial charge in [-0.25, -0.2) is 4.57 Å². The molecule has 0 amide bonds. The molecular weight excluding hydrogens is 322 g/mol. The van der Waals surface area contributed by atoms with Gasteiger partial charge in [0, 0.05) is 12.1 Å². The molecule has 0 aliphatic heterocycles. The smallest absolute Gasteiger partial charge is 0.213 e. The Hall–Kier alpha value is -2.52. The molecule has 124 valence electrons. The number of fused-ring (bicyclic) bond motifs is 1. The van der Waals surface area contributed by atoms with Gasteiger partial charge in [-0.3, -0.25) is 0 Å². The number of pyridine rings is 1. The predicted octanol–water partition coefficient (Wildman–Crippen LogP) is 0.856. The molecule has 0 N–H and O–H groups in total. The second-order valence-electron chi connectivity index (χ2n) is 5.37. The average molecular weight is 342 g/mol. The lowest BCUT2D eigenvalue weighted by Crippen LogP contribution is -3.00. The number of rotatable bonds is 4. The minimum absolute atomic E-state index is 0. The number of hydrogen-bond donors (Lipinski definition) is 0. The van der Waals surface area contributed by atoms with Crippen LogP contribution in [0, 0.1) is 0 Å². The summed E-state index contributed by atoms with van der Waals surface area (Å²) < 4.78 is 12.7. The highest BCUT2D eigenvalue weighted by atomic mass is 35.5. The standard InChI is InChI=1S/C20H20NO2.ClH/c1-21-13-12-16(19-14-18(23-3)10-11-20(19)21)7-4-15-5-8-17(22-2)9-6-15;/h4-14H,1-3H3;1H/q+1;/p-1/b7-4+;. The highest BCUT2D eigenvalue weighted by Gasteiger charge is 2.09. The number of benzene rings is 2. The molecule has 1 heterocycles. The van der Waals surface area contributed by atoms with Gasteiger partial charge in [0.15, 0.2) is 6.20 Å². The molecule has 0 unspecified atom stereocenters. The van der Waals surface area contributed by atoms with Gasteiger partial charge in [-0.1, -0.05) is 24.3 Å². The minimum atomic E-state index is 0. The van der Waals surface area contributed by atoms with Gasteiger partial charge >= 0.3 is 0 Å². The quantitative estimate of drug-likeness (QED) is 0.657. The fourth-order valence-corrected chi connectivity index (χ4v) is 2.59. The molecule has 0 fully saturated rings. The highest BCUT2D eigenvalue weighted by molar-refractivity contribution is 5.89. The van der Waals surface area contributed by atoms with E-state index in [4.69, 9.17) is 9.47 Å². The van der Waals surface area contributed by atoms with Crippen molar-refractivity contribution in [2.75, 3.05) is 14.2 Å². The Labute approximate surface area is 148 Å². The first-order valence-corrected chi connectivity index (χ1v) is 7.50. The van der Waals surface area contributed by atoms with Crippen LogP contribution >= 0.6 is 0 Å². The molecule has 0 aliphatic rings. The van der Waals surface area contributed by atoms with Crippen molar-refractivity contribution in [1.82, 2.24) is 0 Å². The number of aryl methyl sites for hydroxylation is 1. The fraction of sp³-hybridized carbons (Fsp3) is 0.150. The molecule has 1 aromatic heterocycles. The monoisotopic (exact) mass is 341 g/mol. The van der Waals surface area contributed by atoms with Crippen molar-refractivity contribution in [3.8, 4) is 11.5 Å². The van der Waals surface area contributed by atoms with E-state index in [1.807, 2.05) is 37.4 Å². The van der Waals surface area contributed by atoms with E-state index in [2.05, 4.69) is 41.1 Å². The molecule has 0 aliphatic carbocycles. The SMILES string of the molecule is COc1ccc(/C=C/c2cc[n+](C)c3ccc(OC)cc23)cc1.[Cl-]. The summed E-state index contributed by atoms with van der Waals surface area (Å²) in [6.45, 7) is 0. The predicted molar refractivity (Wildman–Crippen MR) is 93.6 cm³/mol. The van der Waals surface area contributed by atoms with E-state index >= 15 is 0 Å². The van der Waals surface area contributed by atoms with Crippen molar-refractivity contribution >= 4 is 23.1 Å². The Balaban J connectivity index is 0.00000208. The number of ether oxygens (including phenoxy) is 2. The number of aromatic nitrogens is 1. The van der Waals surface area contributed by atoms with Crippen LogP contribution in [0.25, 0.3) is 23.1 Å². The number of nitrogens with zero attached hydrogens (tertiary/aromatic N) is 1. The van der Waals surface area contributed by atoms with E-state index in [0.29, 0.717) is 0 Å². The molecule has 0 bridgehead atoms. The number of hydrogen-bond acceptors (Lipinski definition) is 2. The van der Waals surface area contributed by atoms with Gasteiger partial charge in [-0.2, -0.15) is 0 Å². The van der Waals surface area contributed by atoms with Gasteiger partial charge in [0.05, 0.1) is 19.6 Å². The lowest BCUT2D eigenvalue weighted by molar-refractivity contribution is -0.644. The van der Waals surface area contributed by atoms with Crippen LogP contribution in [0.5, 0.6) is 11.5 Å². The molecule has 3 nitrogen and oxygen atoms in total. The van der Waals surface area contributed by atoms with Crippen molar-refractivity contribution in [3.05, 3.63) is 65.9 Å². The van der Waals surface area contributed by atoms with Gasteiger partial charge in [-0.05, 0) is 35.4 Å². The first-order valence-electron chi connectivity index (χ1n) is 7.50. The molecule has 2 aromatic carbocycles. The van der Waals surface area contributed by atoms with Crippen molar-refractivity contribution < 1.29 is 26.4 Å². The molecule has 24 heavy (non-hydrogen) atoms. The molecular formula is C20H20ClNO2. The summed E-state index contributed by atoms with van der Waals surface area (Å²) in [4.78, 5) is 0. The van der Waals surface area contributed by atoms with E-state index in [0.717, 1.165) is 22.6 Å². The maximum atomic E-state index is 5.36. The summed E-state index contributed by atoms with van der Waals surface area (Å²) in [5.74, 6) is 1.73. The Bertz CT molecular complexity index is 857. The zero-order valence-corrected chi connectivity index (χ0v) is 14.7. The largest absolute Gasteiger partial charge is 1.00 e. The van der Waals surface area contributed by atoms with Crippen LogP contribution in [0.15, 0.2) is 54.7 Å². The van der Waals surface area contributed by atoms with E-state index in [1.54, 1.807) is 14.2 Å². The fourth-order valence-electron chi connectivity index (χ4n) is 2.59. The van der Waals surface area contributed by atoms with E-state index in [9.17, 15) is 0 Å². The third-order valence-electron chi connectivity index (χ3n) is 3.94. The summed E-state index contributed by atoms with van der Waals surface area (Å²) in [7, 11) is 5.41. The Morgan fingerprint density at radius 3 is 2.17 bits per heavy atom. The summed E-state index contributed by atoms with van der Waals surface area (Å²) in [5, 5.41) is 1.17. The van der Waals surface area contributed by atoms with Crippen LogP contribution in [0.3, 0.4) is 0 Å². The van der Waals surface area contributed by atoms with Crippen LogP contribution in [-0.4, -0.2) is 14.2 Å². The third kappa shape index (κ3) is 3.69. The van der Waals surface area contributed by atoms with Gasteiger partial charge < -0.3 is 21.9 Å². The first kappa shape index (κ1) is 17.8. The number of methoxy groups -OCH3 is 2. The lowest BCUT2D eigenvalue weighted by atomic mass is 10.1. The van der Waals surface area contributed by atoms with E-state index in [1.165, 1.54) is 10.9 Å². The van der Waals surface area contributed by atoms with Crippen LogP contribution in [0.1, 0.15) is 11.1 Å². The maximum Gasteiger partial charge on any atom is 0.213 e. The molecule has 0 radical (unpaired) electrons. The topological polar surface area (TPSA) is 22.3 Å². The summed E-state index contributed by atoms with van der Waals surface area (Å²) in [5.41, 5.74) is 3.46. The molecule has 0 saturated carbocycles. The van der Waals surface area contributed by atoms with Crippen molar-refractivity contribution in [1.29, 1.82) is 0 Å². The molecule has 0 spiro atoms. The van der Waals surface area contributed by atoms with Gasteiger partial charge in [0.1, 0.15) is 18.5 Å². The molecule has 0 saturated heterocycles. The van der Waals surface area contributed by atoms with Crippen LogP contribution in [0.2, 0.25) is 0 Å². The Morgan fingerprint density at radius 2 is 1.50 bits per heavy atom. The van der Waals surface area contributed by atoms with Crippen molar-refractivity contribution in [3.63, 3.8) is 0 Å². The Morgan fingerprint density at radius 1 is 0.833 bits per heavy atom. The highest BCUT2D eigenvalue weighted by Crippen LogP contribution is 2.23. The second-order valence-corrected chi connectivity index (χ2v) is 5.37. The van der Waals surface area contributed by atoms with Gasteiger partial charge in [-0.15, -0.1) is 0 Å². The summed E-state index contributed by atoms with van der Waals surface area (Å²) in [6, 6.07) is 16.3. The van der Waals surface area contributed by atoms with Crippen molar-refractivity contribution in [2.24, 2.45) is 7.05 Å². The molecule has 4 heteroatoms. The second kappa shape index (κ2) is 7.84. The molecule has 3 rings (SSSR count). The minimum Gasteiger partial charge on any atom is -1.00 e.